The Morgan fingerprint density at radius 3 is 2.32 bits per heavy atom. The number of hydrogen-bond acceptors (Lipinski definition) is 3. The van der Waals surface area contributed by atoms with Crippen molar-refractivity contribution in [2.24, 2.45) is 35.5 Å². The molecule has 7 rings (SSSR count). The SMILES string of the molecule is Cc1cc(Br)c(Cl)cc1NC(=O)[C@H](Cc1ccccc1)N1C(=O)[C@@H]2[C@H]3C=C[C@@H]([C@@H]4C[C@H]34)[C@H]2C1=O. The molecule has 1 saturated heterocycles. The molecule has 0 spiro atoms. The number of amides is 3. The molecule has 7 heteroatoms. The predicted molar refractivity (Wildman–Crippen MR) is 133 cm³/mol. The van der Waals surface area contributed by atoms with Crippen molar-refractivity contribution in [3.05, 3.63) is 75.2 Å². The van der Waals surface area contributed by atoms with Crippen molar-refractivity contribution in [3.63, 3.8) is 0 Å². The lowest BCUT2D eigenvalue weighted by atomic mass is 9.63. The molecule has 174 valence electrons. The van der Waals surface area contributed by atoms with Crippen LogP contribution in [0.3, 0.4) is 0 Å². The third kappa shape index (κ3) is 3.37. The molecule has 5 aliphatic rings. The van der Waals surface area contributed by atoms with E-state index in [9.17, 15) is 14.4 Å². The lowest BCUT2D eigenvalue weighted by Crippen LogP contribution is -2.49. The fourth-order valence-corrected chi connectivity index (χ4v) is 7.04. The van der Waals surface area contributed by atoms with Gasteiger partial charge in [0.05, 0.1) is 16.9 Å². The zero-order chi connectivity index (χ0) is 23.7. The molecule has 1 N–H and O–H groups in total. The number of aryl methyl sites for hydroxylation is 1. The highest BCUT2D eigenvalue weighted by Crippen LogP contribution is 2.65. The molecule has 2 aromatic rings. The molecule has 2 aromatic carbocycles. The molecule has 1 aliphatic heterocycles. The van der Waals surface area contributed by atoms with Gasteiger partial charge in [-0.3, -0.25) is 19.3 Å². The van der Waals surface area contributed by atoms with Crippen molar-refractivity contribution < 1.29 is 14.4 Å². The van der Waals surface area contributed by atoms with E-state index >= 15 is 0 Å². The Labute approximate surface area is 211 Å². The molecule has 1 heterocycles. The molecule has 5 nitrogen and oxygen atoms in total. The number of imide groups is 1. The number of nitrogens with zero attached hydrogens (tertiary/aromatic N) is 1. The molecule has 3 amide bonds. The van der Waals surface area contributed by atoms with Gasteiger partial charge in [0.15, 0.2) is 0 Å². The summed E-state index contributed by atoms with van der Waals surface area (Å²) >= 11 is 9.67. The summed E-state index contributed by atoms with van der Waals surface area (Å²) in [6.45, 7) is 1.87. The van der Waals surface area contributed by atoms with E-state index in [0.29, 0.717) is 22.5 Å². The summed E-state index contributed by atoms with van der Waals surface area (Å²) in [6.07, 6.45) is 5.66. The van der Waals surface area contributed by atoms with E-state index in [1.54, 1.807) is 6.07 Å². The van der Waals surface area contributed by atoms with Gasteiger partial charge in [-0.05, 0) is 76.2 Å². The van der Waals surface area contributed by atoms with E-state index in [1.165, 1.54) is 4.90 Å². The highest BCUT2D eigenvalue weighted by molar-refractivity contribution is 9.10. The van der Waals surface area contributed by atoms with E-state index in [4.69, 9.17) is 11.6 Å². The first-order chi connectivity index (χ1) is 16.3. The zero-order valence-electron chi connectivity index (χ0n) is 18.6. The number of rotatable bonds is 5. The van der Waals surface area contributed by atoms with E-state index in [-0.39, 0.29) is 47.8 Å². The molecule has 7 atom stereocenters. The summed E-state index contributed by atoms with van der Waals surface area (Å²) in [5.74, 6) is -0.158. The number of nitrogens with one attached hydrogen (secondary N) is 1. The number of carbonyl (C=O) groups excluding carboxylic acids is 3. The van der Waals surface area contributed by atoms with E-state index < -0.39 is 6.04 Å². The fraction of sp³-hybridized carbons (Fsp3) is 0.370. The summed E-state index contributed by atoms with van der Waals surface area (Å²) in [7, 11) is 0. The molecule has 2 saturated carbocycles. The van der Waals surface area contributed by atoms with Crippen molar-refractivity contribution in [1.29, 1.82) is 0 Å². The van der Waals surface area contributed by atoms with Gasteiger partial charge in [0.2, 0.25) is 17.7 Å². The fourth-order valence-electron chi connectivity index (χ4n) is 6.42. The van der Waals surface area contributed by atoms with Gasteiger partial charge in [0, 0.05) is 16.6 Å². The minimum absolute atomic E-state index is 0.120. The summed E-state index contributed by atoms with van der Waals surface area (Å²) in [5.41, 5.74) is 2.29. The highest BCUT2D eigenvalue weighted by atomic mass is 79.9. The maximum absolute atomic E-state index is 13.7. The number of halogens is 2. The average Bonchev–Trinajstić information content (AvgIpc) is 3.60. The lowest BCUT2D eigenvalue weighted by Gasteiger charge is -2.37. The van der Waals surface area contributed by atoms with E-state index in [2.05, 4.69) is 33.4 Å². The van der Waals surface area contributed by atoms with Gasteiger partial charge in [0.25, 0.3) is 0 Å². The van der Waals surface area contributed by atoms with Crippen molar-refractivity contribution in [2.45, 2.75) is 25.8 Å². The van der Waals surface area contributed by atoms with Crippen LogP contribution in [0.5, 0.6) is 0 Å². The molecule has 0 unspecified atom stereocenters. The summed E-state index contributed by atoms with van der Waals surface area (Å²) in [5, 5.41) is 3.42. The number of anilines is 1. The number of hydrogen-bond donors (Lipinski definition) is 1. The van der Waals surface area contributed by atoms with E-state index in [1.807, 2.05) is 43.3 Å². The molecular formula is C27H24BrClN2O3. The van der Waals surface area contributed by atoms with Crippen LogP contribution in [0.1, 0.15) is 17.5 Å². The van der Waals surface area contributed by atoms with Gasteiger partial charge < -0.3 is 5.32 Å². The number of likely N-dealkylation sites (tertiary alicyclic amines) is 1. The normalized spacial score (nSPS) is 31.3. The van der Waals surface area contributed by atoms with Crippen LogP contribution in [0.2, 0.25) is 5.02 Å². The molecule has 0 radical (unpaired) electrons. The van der Waals surface area contributed by atoms with Crippen LogP contribution in [-0.4, -0.2) is 28.7 Å². The predicted octanol–water partition coefficient (Wildman–Crippen LogP) is 5.01. The monoisotopic (exact) mass is 538 g/mol. The minimum atomic E-state index is -0.925. The molecule has 3 fully saturated rings. The van der Waals surface area contributed by atoms with Gasteiger partial charge >= 0.3 is 0 Å². The quantitative estimate of drug-likeness (QED) is 0.429. The van der Waals surface area contributed by atoms with Crippen LogP contribution >= 0.6 is 27.5 Å². The Hall–Kier alpha value is -2.44. The first-order valence-electron chi connectivity index (χ1n) is 11.7. The van der Waals surface area contributed by atoms with Gasteiger partial charge in [-0.1, -0.05) is 54.1 Å². The van der Waals surface area contributed by atoms with E-state index in [0.717, 1.165) is 22.0 Å². The van der Waals surface area contributed by atoms with Gasteiger partial charge in [-0.25, -0.2) is 0 Å². The molecule has 4 aliphatic carbocycles. The number of benzene rings is 2. The lowest BCUT2D eigenvalue weighted by molar-refractivity contribution is -0.146. The first-order valence-corrected chi connectivity index (χ1v) is 12.9. The maximum atomic E-state index is 13.7. The molecule has 0 aromatic heterocycles. The summed E-state index contributed by atoms with van der Waals surface area (Å²) in [6, 6.07) is 12.1. The van der Waals surface area contributed by atoms with Crippen LogP contribution in [0.25, 0.3) is 0 Å². The second kappa shape index (κ2) is 8.06. The second-order valence-corrected chi connectivity index (χ2v) is 11.2. The smallest absolute Gasteiger partial charge is 0.248 e. The Balaban J connectivity index is 1.34. The molecular weight excluding hydrogens is 516 g/mol. The first kappa shape index (κ1) is 22.1. The topological polar surface area (TPSA) is 66.5 Å². The third-order valence-corrected chi connectivity index (χ3v) is 9.31. The highest BCUT2D eigenvalue weighted by Gasteiger charge is 2.67. The third-order valence-electron chi connectivity index (χ3n) is 8.11. The number of carbonyl (C=O) groups is 3. The second-order valence-electron chi connectivity index (χ2n) is 9.98. The Morgan fingerprint density at radius 1 is 1.09 bits per heavy atom. The van der Waals surface area contributed by atoms with Crippen molar-refractivity contribution in [1.82, 2.24) is 4.90 Å². The van der Waals surface area contributed by atoms with Gasteiger partial charge in [-0.2, -0.15) is 0 Å². The average molecular weight is 540 g/mol. The van der Waals surface area contributed by atoms with Gasteiger partial charge in [-0.15, -0.1) is 0 Å². The maximum Gasteiger partial charge on any atom is 0.248 e. The van der Waals surface area contributed by atoms with Gasteiger partial charge in [0.1, 0.15) is 6.04 Å². The molecule has 2 bridgehead atoms. The largest absolute Gasteiger partial charge is 0.324 e. The van der Waals surface area contributed by atoms with Crippen molar-refractivity contribution >= 4 is 50.9 Å². The Kier molecular flexibility index (Phi) is 5.23. The Bertz CT molecular complexity index is 1210. The van der Waals surface area contributed by atoms with Crippen LogP contribution < -0.4 is 5.32 Å². The Morgan fingerprint density at radius 2 is 1.71 bits per heavy atom. The summed E-state index contributed by atoms with van der Waals surface area (Å²) < 4.78 is 0.737. The number of allylic oxidation sites excluding steroid dienone is 2. The zero-order valence-corrected chi connectivity index (χ0v) is 20.9. The van der Waals surface area contributed by atoms with Crippen LogP contribution in [-0.2, 0) is 20.8 Å². The van der Waals surface area contributed by atoms with Crippen LogP contribution in [0.15, 0.2) is 59.1 Å². The summed E-state index contributed by atoms with van der Waals surface area (Å²) in [4.78, 5) is 42.4. The standard InChI is InChI=1S/C27H24BrClN2O3/c1-13-9-19(28)20(29)12-21(13)30-25(32)22(10-14-5-3-2-4-6-14)31-26(33)23-15-7-8-16(18-11-17(15)18)24(23)27(31)34/h2-9,12,15-18,22-24H,10-11H2,1H3,(H,30,32)/t15-,16-,17-,18+,22-,23+,24+/m0/s1. The van der Waals surface area contributed by atoms with Crippen molar-refractivity contribution in [2.75, 3.05) is 5.32 Å². The van der Waals surface area contributed by atoms with Crippen LogP contribution in [0, 0.1) is 42.4 Å². The van der Waals surface area contributed by atoms with Crippen molar-refractivity contribution in [3.8, 4) is 0 Å². The minimum Gasteiger partial charge on any atom is -0.324 e. The van der Waals surface area contributed by atoms with Crippen LogP contribution in [0.4, 0.5) is 5.69 Å². The molecule has 34 heavy (non-hydrogen) atoms.